The van der Waals surface area contributed by atoms with Gasteiger partial charge in [0.25, 0.3) is 5.91 Å². The molecule has 6 heteroatoms. The molecule has 0 bridgehead atoms. The maximum Gasteiger partial charge on any atom is 0.287 e. The monoisotopic (exact) mass is 461 g/mol. The summed E-state index contributed by atoms with van der Waals surface area (Å²) in [6.45, 7) is 0. The van der Waals surface area contributed by atoms with Gasteiger partial charge in [0, 0.05) is 41.5 Å². The minimum Gasteiger partial charge on any atom is -0.451 e. The van der Waals surface area contributed by atoms with E-state index < -0.39 is 17.6 Å². The number of nitrogens with one attached hydrogen (secondary N) is 1. The van der Waals surface area contributed by atoms with Gasteiger partial charge in [-0.15, -0.1) is 0 Å². The number of aliphatic hydroxyl groups is 1. The molecule has 6 nitrogen and oxygen atoms in total. The van der Waals surface area contributed by atoms with Gasteiger partial charge in [-0.2, -0.15) is 0 Å². The Labute approximate surface area is 202 Å². The summed E-state index contributed by atoms with van der Waals surface area (Å²) in [5, 5.41) is 15.3. The smallest absolute Gasteiger partial charge is 0.287 e. The van der Waals surface area contributed by atoms with Crippen LogP contribution in [0.25, 0.3) is 11.3 Å². The van der Waals surface area contributed by atoms with Crippen molar-refractivity contribution in [3.63, 3.8) is 0 Å². The first-order valence-corrected chi connectivity index (χ1v) is 11.2. The number of amides is 1. The number of rotatable bonds is 7. The van der Waals surface area contributed by atoms with E-state index in [1.54, 1.807) is 61.2 Å². The third-order valence-corrected chi connectivity index (χ3v) is 5.92. The molecule has 0 unspecified atom stereocenters. The predicted molar refractivity (Wildman–Crippen MR) is 132 cm³/mol. The molecule has 1 atom stereocenters. The summed E-state index contributed by atoms with van der Waals surface area (Å²) in [5.74, 6) is 0.276. The summed E-state index contributed by atoms with van der Waals surface area (Å²) < 4.78 is 5.87. The van der Waals surface area contributed by atoms with E-state index in [0.717, 1.165) is 5.56 Å². The summed E-state index contributed by atoms with van der Waals surface area (Å²) in [5.41, 5.74) is 0.964. The van der Waals surface area contributed by atoms with Crippen molar-refractivity contribution < 1.29 is 14.3 Å². The van der Waals surface area contributed by atoms with Crippen molar-refractivity contribution in [3.8, 4) is 11.3 Å². The van der Waals surface area contributed by atoms with E-state index in [-0.39, 0.29) is 5.76 Å². The Morgan fingerprint density at radius 1 is 0.771 bits per heavy atom. The SMILES string of the molecule is O=C(N[C@H](c1ccccc1)C(O)(c1cccnc1)c1cccnc1)c1ccc(-c2ccccc2)o1. The van der Waals surface area contributed by atoms with E-state index >= 15 is 0 Å². The topological polar surface area (TPSA) is 88.2 Å². The van der Waals surface area contributed by atoms with Crippen LogP contribution >= 0.6 is 0 Å². The van der Waals surface area contributed by atoms with Crippen molar-refractivity contribution in [1.82, 2.24) is 15.3 Å². The van der Waals surface area contributed by atoms with Crippen molar-refractivity contribution >= 4 is 5.91 Å². The van der Waals surface area contributed by atoms with Crippen molar-refractivity contribution in [3.05, 3.63) is 144 Å². The molecule has 0 aliphatic carbocycles. The fourth-order valence-corrected chi connectivity index (χ4v) is 4.17. The van der Waals surface area contributed by atoms with E-state index in [1.165, 1.54) is 0 Å². The summed E-state index contributed by atoms with van der Waals surface area (Å²) in [7, 11) is 0. The van der Waals surface area contributed by atoms with E-state index in [0.29, 0.717) is 22.5 Å². The van der Waals surface area contributed by atoms with Crippen molar-refractivity contribution in [1.29, 1.82) is 0 Å². The number of nitrogens with zero attached hydrogens (tertiary/aromatic N) is 2. The molecular formula is C29H23N3O3. The Morgan fingerprint density at radius 3 is 1.94 bits per heavy atom. The molecule has 0 spiro atoms. The molecule has 172 valence electrons. The third-order valence-electron chi connectivity index (χ3n) is 5.92. The predicted octanol–water partition coefficient (Wildman–Crippen LogP) is 5.14. The molecular weight excluding hydrogens is 438 g/mol. The van der Waals surface area contributed by atoms with E-state index in [2.05, 4.69) is 15.3 Å². The molecule has 0 saturated carbocycles. The van der Waals surface area contributed by atoms with Crippen molar-refractivity contribution in [2.45, 2.75) is 11.6 Å². The van der Waals surface area contributed by atoms with Crippen LogP contribution in [0.15, 0.2) is 126 Å². The molecule has 3 heterocycles. The molecule has 5 aromatic rings. The lowest BCUT2D eigenvalue weighted by Crippen LogP contribution is -2.45. The Balaban J connectivity index is 1.57. The molecule has 0 fully saturated rings. The van der Waals surface area contributed by atoms with Gasteiger partial charge in [0.1, 0.15) is 11.4 Å². The summed E-state index contributed by atoms with van der Waals surface area (Å²) >= 11 is 0. The van der Waals surface area contributed by atoms with E-state index in [4.69, 9.17) is 4.42 Å². The first-order valence-electron chi connectivity index (χ1n) is 11.2. The molecule has 2 aromatic carbocycles. The maximum absolute atomic E-state index is 13.4. The van der Waals surface area contributed by atoms with Gasteiger partial charge in [-0.1, -0.05) is 72.8 Å². The number of carbonyl (C=O) groups is 1. The first-order chi connectivity index (χ1) is 17.2. The highest BCUT2D eigenvalue weighted by atomic mass is 16.4. The van der Waals surface area contributed by atoms with Gasteiger partial charge < -0.3 is 14.8 Å². The third kappa shape index (κ3) is 4.47. The Morgan fingerprint density at radius 2 is 1.37 bits per heavy atom. The van der Waals surface area contributed by atoms with Crippen molar-refractivity contribution in [2.24, 2.45) is 0 Å². The summed E-state index contributed by atoms with van der Waals surface area (Å²) in [4.78, 5) is 21.9. The van der Waals surface area contributed by atoms with E-state index in [1.807, 2.05) is 60.7 Å². The fraction of sp³-hybridized carbons (Fsp3) is 0.0690. The highest BCUT2D eigenvalue weighted by Gasteiger charge is 2.43. The van der Waals surface area contributed by atoms with Gasteiger partial charge in [0.05, 0.1) is 6.04 Å². The van der Waals surface area contributed by atoms with Gasteiger partial charge in [-0.05, 0) is 29.8 Å². The number of aromatic nitrogens is 2. The van der Waals surface area contributed by atoms with Crippen LogP contribution < -0.4 is 5.32 Å². The van der Waals surface area contributed by atoms with Crippen LogP contribution in [0.5, 0.6) is 0 Å². The lowest BCUT2D eigenvalue weighted by molar-refractivity contribution is 0.0325. The number of furan rings is 1. The van der Waals surface area contributed by atoms with Crippen LogP contribution in [0.4, 0.5) is 0 Å². The number of benzene rings is 2. The molecule has 0 radical (unpaired) electrons. The van der Waals surface area contributed by atoms with Crippen LogP contribution in [0.1, 0.15) is 33.3 Å². The zero-order valence-electron chi connectivity index (χ0n) is 18.8. The minimum atomic E-state index is -1.66. The zero-order valence-corrected chi connectivity index (χ0v) is 18.8. The number of pyridine rings is 2. The molecule has 1 amide bonds. The maximum atomic E-state index is 13.4. The highest BCUT2D eigenvalue weighted by Crippen LogP contribution is 2.41. The summed E-state index contributed by atoms with van der Waals surface area (Å²) in [6.07, 6.45) is 6.46. The summed E-state index contributed by atoms with van der Waals surface area (Å²) in [6, 6.07) is 28.5. The average Bonchev–Trinajstić information content (AvgIpc) is 3.44. The quantitative estimate of drug-likeness (QED) is 0.350. The standard InChI is InChI=1S/C29H23N3O3/c33-28(26-16-15-25(35-26)21-9-3-1-4-10-21)32-27(22-11-5-2-6-12-22)29(34,23-13-7-17-30-19-23)24-14-8-18-31-20-24/h1-20,27,34H,(H,32,33)/t27-/m1/s1. The lowest BCUT2D eigenvalue weighted by atomic mass is 9.78. The van der Waals surface area contributed by atoms with Crippen LogP contribution in [0.3, 0.4) is 0 Å². The molecule has 5 rings (SSSR count). The largest absolute Gasteiger partial charge is 0.451 e. The lowest BCUT2D eigenvalue weighted by Gasteiger charge is -2.37. The molecule has 3 aromatic heterocycles. The number of hydrogen-bond donors (Lipinski definition) is 2. The molecule has 0 aliphatic heterocycles. The van der Waals surface area contributed by atoms with Crippen molar-refractivity contribution in [2.75, 3.05) is 0 Å². The van der Waals surface area contributed by atoms with Crippen LogP contribution in [-0.2, 0) is 5.60 Å². The molecule has 0 aliphatic rings. The molecule has 0 saturated heterocycles. The Bertz CT molecular complexity index is 1350. The first kappa shape index (κ1) is 22.3. The van der Waals surface area contributed by atoms with Gasteiger partial charge in [0.2, 0.25) is 0 Å². The van der Waals surface area contributed by atoms with Gasteiger partial charge in [-0.25, -0.2) is 0 Å². The average molecular weight is 462 g/mol. The highest BCUT2D eigenvalue weighted by molar-refractivity contribution is 5.92. The second kappa shape index (κ2) is 9.75. The van der Waals surface area contributed by atoms with Gasteiger partial charge in [-0.3, -0.25) is 14.8 Å². The Hall–Kier alpha value is -4.55. The number of hydrogen-bond acceptors (Lipinski definition) is 5. The zero-order chi connectivity index (χ0) is 24.1. The van der Waals surface area contributed by atoms with Crippen LogP contribution in [-0.4, -0.2) is 21.0 Å². The van der Waals surface area contributed by atoms with Gasteiger partial charge >= 0.3 is 0 Å². The molecule has 35 heavy (non-hydrogen) atoms. The fourth-order valence-electron chi connectivity index (χ4n) is 4.17. The number of carbonyl (C=O) groups excluding carboxylic acids is 1. The van der Waals surface area contributed by atoms with Gasteiger partial charge in [0.15, 0.2) is 5.76 Å². The second-order valence-corrected chi connectivity index (χ2v) is 8.10. The Kier molecular flexibility index (Phi) is 6.20. The van der Waals surface area contributed by atoms with Crippen LogP contribution in [0.2, 0.25) is 0 Å². The second-order valence-electron chi connectivity index (χ2n) is 8.10. The minimum absolute atomic E-state index is 0.143. The molecule has 2 N–H and O–H groups in total. The normalized spacial score (nSPS) is 12.1. The van der Waals surface area contributed by atoms with Crippen LogP contribution in [0, 0.1) is 0 Å². The van der Waals surface area contributed by atoms with E-state index in [9.17, 15) is 9.90 Å².